The first-order chi connectivity index (χ1) is 12.6. The van der Waals surface area contributed by atoms with Gasteiger partial charge in [-0.2, -0.15) is 5.26 Å². The van der Waals surface area contributed by atoms with Gasteiger partial charge in [-0.3, -0.25) is 4.79 Å². The summed E-state index contributed by atoms with van der Waals surface area (Å²) in [4.78, 5) is 24.4. The predicted octanol–water partition coefficient (Wildman–Crippen LogP) is 2.47. The van der Waals surface area contributed by atoms with Crippen molar-refractivity contribution < 1.29 is 14.3 Å². The Bertz CT molecular complexity index is 784. The van der Waals surface area contributed by atoms with Gasteiger partial charge in [-0.25, -0.2) is 4.79 Å². The van der Waals surface area contributed by atoms with Crippen LogP contribution in [0.2, 0.25) is 0 Å². The number of hydrogen-bond donors (Lipinski definition) is 2. The minimum Gasteiger partial charge on any atom is -0.445 e. The van der Waals surface area contributed by atoms with Crippen molar-refractivity contribution in [1.29, 1.82) is 5.26 Å². The molecule has 0 bridgehead atoms. The quantitative estimate of drug-likeness (QED) is 0.750. The lowest BCUT2D eigenvalue weighted by Gasteiger charge is -2.18. The van der Waals surface area contributed by atoms with E-state index in [1.165, 1.54) is 0 Å². The Morgan fingerprint density at radius 2 is 1.85 bits per heavy atom. The number of aryl methyl sites for hydroxylation is 1. The van der Waals surface area contributed by atoms with E-state index in [1.807, 2.05) is 67.6 Å². The Hall–Kier alpha value is -3.33. The number of ether oxygens (including phenoxy) is 1. The Kier molecular flexibility index (Phi) is 7.19. The van der Waals surface area contributed by atoms with Crippen LogP contribution in [0.5, 0.6) is 0 Å². The van der Waals surface area contributed by atoms with Crippen LogP contribution in [0.15, 0.2) is 54.6 Å². The van der Waals surface area contributed by atoms with E-state index in [4.69, 9.17) is 10.00 Å². The molecule has 2 N–H and O–H groups in total. The molecular weight excluding hydrogens is 330 g/mol. The molecule has 0 radical (unpaired) electrons. The fraction of sp³-hybridized carbons (Fsp3) is 0.250. The lowest BCUT2D eigenvalue weighted by molar-refractivity contribution is -0.122. The lowest BCUT2D eigenvalue weighted by atomic mass is 10.0. The zero-order valence-corrected chi connectivity index (χ0v) is 14.6. The molecule has 0 heterocycles. The monoisotopic (exact) mass is 351 g/mol. The van der Waals surface area contributed by atoms with Crippen LogP contribution >= 0.6 is 0 Å². The molecule has 1 atom stereocenters. The van der Waals surface area contributed by atoms with E-state index < -0.39 is 18.0 Å². The minimum atomic E-state index is -0.826. The molecule has 0 saturated carbocycles. The van der Waals surface area contributed by atoms with Crippen LogP contribution in [0.4, 0.5) is 4.79 Å². The number of nitriles is 1. The molecule has 2 aromatic carbocycles. The van der Waals surface area contributed by atoms with Crippen molar-refractivity contribution in [2.75, 3.05) is 6.54 Å². The highest BCUT2D eigenvalue weighted by Gasteiger charge is 2.21. The van der Waals surface area contributed by atoms with Crippen LogP contribution in [0.1, 0.15) is 16.7 Å². The predicted molar refractivity (Wildman–Crippen MR) is 97.1 cm³/mol. The third-order valence-corrected chi connectivity index (χ3v) is 3.69. The van der Waals surface area contributed by atoms with Crippen LogP contribution < -0.4 is 10.6 Å². The standard InChI is InChI=1S/C20H21N3O3/c1-15-6-5-9-17(12-15)13-18(19(24)22-11-10-21)23-20(25)26-14-16-7-3-2-4-8-16/h2-9,12,18H,11,13-14H2,1H3,(H,22,24)(H,23,25)/t18-/m0/s1. The molecule has 0 aliphatic carbocycles. The van der Waals surface area contributed by atoms with Gasteiger partial charge in [0.15, 0.2) is 0 Å². The molecule has 0 spiro atoms. The normalized spacial score (nSPS) is 11.1. The van der Waals surface area contributed by atoms with E-state index in [0.29, 0.717) is 6.42 Å². The number of hydrogen-bond acceptors (Lipinski definition) is 4. The summed E-state index contributed by atoms with van der Waals surface area (Å²) < 4.78 is 5.18. The second kappa shape index (κ2) is 9.84. The Morgan fingerprint density at radius 1 is 1.12 bits per heavy atom. The van der Waals surface area contributed by atoms with Crippen molar-refractivity contribution >= 4 is 12.0 Å². The largest absolute Gasteiger partial charge is 0.445 e. The summed E-state index contributed by atoms with van der Waals surface area (Å²) in [6, 6.07) is 18.0. The molecule has 6 nitrogen and oxygen atoms in total. The molecule has 0 aliphatic rings. The van der Waals surface area contributed by atoms with Crippen LogP contribution in [0, 0.1) is 18.3 Å². The number of rotatable bonds is 7. The third kappa shape index (κ3) is 6.29. The van der Waals surface area contributed by atoms with E-state index in [9.17, 15) is 9.59 Å². The van der Waals surface area contributed by atoms with E-state index in [1.54, 1.807) is 0 Å². The van der Waals surface area contributed by atoms with E-state index in [0.717, 1.165) is 16.7 Å². The van der Waals surface area contributed by atoms with Crippen LogP contribution in [0.25, 0.3) is 0 Å². The molecule has 0 aliphatic heterocycles. The number of benzene rings is 2. The lowest BCUT2D eigenvalue weighted by Crippen LogP contribution is -2.48. The van der Waals surface area contributed by atoms with E-state index in [2.05, 4.69) is 10.6 Å². The molecule has 6 heteroatoms. The zero-order chi connectivity index (χ0) is 18.8. The highest BCUT2D eigenvalue weighted by molar-refractivity contribution is 5.86. The van der Waals surface area contributed by atoms with Crippen LogP contribution in [-0.2, 0) is 22.6 Å². The summed E-state index contributed by atoms with van der Waals surface area (Å²) in [7, 11) is 0. The molecule has 2 rings (SSSR count). The van der Waals surface area contributed by atoms with Gasteiger partial charge in [-0.15, -0.1) is 0 Å². The van der Waals surface area contributed by atoms with Gasteiger partial charge in [0, 0.05) is 6.42 Å². The maximum absolute atomic E-state index is 12.3. The number of amides is 2. The molecule has 0 unspecified atom stereocenters. The topological polar surface area (TPSA) is 91.2 Å². The average Bonchev–Trinajstić information content (AvgIpc) is 2.65. The SMILES string of the molecule is Cc1cccc(C[C@H](NC(=O)OCc2ccccc2)C(=O)NCC#N)c1. The van der Waals surface area contributed by atoms with Crippen molar-refractivity contribution in [3.63, 3.8) is 0 Å². The first-order valence-electron chi connectivity index (χ1n) is 8.26. The van der Waals surface area contributed by atoms with Crippen molar-refractivity contribution in [3.05, 3.63) is 71.3 Å². The summed E-state index contributed by atoms with van der Waals surface area (Å²) in [5.41, 5.74) is 2.82. The van der Waals surface area contributed by atoms with Gasteiger partial charge in [-0.1, -0.05) is 60.2 Å². The Morgan fingerprint density at radius 3 is 2.54 bits per heavy atom. The number of alkyl carbamates (subject to hydrolysis) is 1. The number of carbonyl (C=O) groups is 2. The summed E-state index contributed by atoms with van der Waals surface area (Å²) in [6.45, 7) is 1.95. The van der Waals surface area contributed by atoms with Gasteiger partial charge in [0.05, 0.1) is 6.07 Å². The molecular formula is C20H21N3O3. The van der Waals surface area contributed by atoms with Crippen LogP contribution in [0.3, 0.4) is 0 Å². The molecule has 2 aromatic rings. The number of nitrogens with one attached hydrogen (secondary N) is 2. The summed E-state index contributed by atoms with van der Waals surface area (Å²) in [5, 5.41) is 13.7. The Labute approximate surface area is 152 Å². The van der Waals surface area contributed by atoms with Gasteiger partial charge in [0.1, 0.15) is 19.2 Å². The number of carbonyl (C=O) groups excluding carboxylic acids is 2. The van der Waals surface area contributed by atoms with Crippen molar-refractivity contribution in [1.82, 2.24) is 10.6 Å². The van der Waals surface area contributed by atoms with Gasteiger partial charge in [-0.05, 0) is 18.1 Å². The molecule has 0 saturated heterocycles. The average molecular weight is 351 g/mol. The first-order valence-corrected chi connectivity index (χ1v) is 8.26. The minimum absolute atomic E-state index is 0.115. The van der Waals surface area contributed by atoms with E-state index >= 15 is 0 Å². The second-order valence-corrected chi connectivity index (χ2v) is 5.83. The first kappa shape index (κ1) is 19.0. The van der Waals surface area contributed by atoms with Crippen LogP contribution in [-0.4, -0.2) is 24.6 Å². The van der Waals surface area contributed by atoms with Gasteiger partial charge in [0.2, 0.25) is 5.91 Å². The van der Waals surface area contributed by atoms with E-state index in [-0.39, 0.29) is 13.2 Å². The second-order valence-electron chi connectivity index (χ2n) is 5.83. The molecule has 0 aromatic heterocycles. The summed E-state index contributed by atoms with van der Waals surface area (Å²) >= 11 is 0. The smallest absolute Gasteiger partial charge is 0.408 e. The van der Waals surface area contributed by atoms with Crippen molar-refractivity contribution in [2.45, 2.75) is 26.0 Å². The third-order valence-electron chi connectivity index (χ3n) is 3.69. The molecule has 2 amide bonds. The highest BCUT2D eigenvalue weighted by Crippen LogP contribution is 2.08. The summed E-state index contributed by atoms with van der Waals surface area (Å²) in [5.74, 6) is -0.426. The summed E-state index contributed by atoms with van der Waals surface area (Å²) in [6.07, 6.45) is -0.377. The fourth-order valence-corrected chi connectivity index (χ4v) is 2.44. The Balaban J connectivity index is 1.99. The van der Waals surface area contributed by atoms with Gasteiger partial charge < -0.3 is 15.4 Å². The highest BCUT2D eigenvalue weighted by atomic mass is 16.5. The fourth-order valence-electron chi connectivity index (χ4n) is 2.44. The number of nitrogens with zero attached hydrogens (tertiary/aromatic N) is 1. The molecule has 134 valence electrons. The van der Waals surface area contributed by atoms with Gasteiger partial charge >= 0.3 is 6.09 Å². The van der Waals surface area contributed by atoms with Gasteiger partial charge in [0.25, 0.3) is 0 Å². The zero-order valence-electron chi connectivity index (χ0n) is 14.6. The van der Waals surface area contributed by atoms with Crippen molar-refractivity contribution in [3.8, 4) is 6.07 Å². The maximum atomic E-state index is 12.3. The molecule has 26 heavy (non-hydrogen) atoms. The maximum Gasteiger partial charge on any atom is 0.408 e. The molecule has 0 fully saturated rings. The van der Waals surface area contributed by atoms with Crippen molar-refractivity contribution in [2.24, 2.45) is 0 Å².